The average Bonchev–Trinajstić information content (AvgIpc) is 3.10. The molecule has 2 saturated heterocycles. The first-order chi connectivity index (χ1) is 16.8. The van der Waals surface area contributed by atoms with Crippen molar-refractivity contribution in [1.29, 1.82) is 0 Å². The van der Waals surface area contributed by atoms with Crippen LogP contribution in [0.5, 0.6) is 0 Å². The number of benzene rings is 1. The molecule has 1 aromatic heterocycles. The van der Waals surface area contributed by atoms with Gasteiger partial charge in [0.15, 0.2) is 0 Å². The van der Waals surface area contributed by atoms with Crippen molar-refractivity contribution in [2.45, 2.75) is 37.8 Å². The van der Waals surface area contributed by atoms with E-state index in [-0.39, 0.29) is 36.4 Å². The largest absolute Gasteiger partial charge is 0.733 e. The number of rotatable bonds is 6. The van der Waals surface area contributed by atoms with Crippen LogP contribution in [0.25, 0.3) is 0 Å². The minimum absolute atomic E-state index is 0.00758. The van der Waals surface area contributed by atoms with Crippen LogP contribution in [0, 0.1) is 11.1 Å². The molecule has 0 radical (unpaired) electrons. The number of likely N-dealkylation sites (tertiary alicyclic amines) is 1. The van der Waals surface area contributed by atoms with Gasteiger partial charge in [0.25, 0.3) is 11.5 Å². The lowest BCUT2D eigenvalue weighted by Gasteiger charge is -2.43. The first-order valence-electron chi connectivity index (χ1n) is 11.6. The molecule has 11 heteroatoms. The molecule has 184 valence electrons. The first kappa shape index (κ1) is 23.1. The minimum atomic E-state index is -0.891. The van der Waals surface area contributed by atoms with E-state index >= 15 is 0 Å². The van der Waals surface area contributed by atoms with E-state index < -0.39 is 28.8 Å². The fraction of sp³-hybridized carbons (Fsp3) is 0.417. The summed E-state index contributed by atoms with van der Waals surface area (Å²) in [5, 5.41) is 22.6. The Hall–Kier alpha value is -3.70. The highest BCUT2D eigenvalue weighted by Gasteiger charge is 2.41. The van der Waals surface area contributed by atoms with Gasteiger partial charge in [-0.3, -0.25) is 24.5 Å². The number of anilines is 1. The van der Waals surface area contributed by atoms with Crippen LogP contribution in [0.2, 0.25) is 0 Å². The summed E-state index contributed by atoms with van der Waals surface area (Å²) in [6.07, 6.45) is 1.22. The van der Waals surface area contributed by atoms with Crippen LogP contribution in [0.4, 0.5) is 10.5 Å². The summed E-state index contributed by atoms with van der Waals surface area (Å²) in [6.45, 7) is 1.37. The van der Waals surface area contributed by atoms with E-state index in [9.17, 15) is 24.4 Å². The maximum atomic E-state index is 13.1. The Morgan fingerprint density at radius 2 is 1.86 bits per heavy atom. The predicted octanol–water partition coefficient (Wildman–Crippen LogP) is 1.04. The molecule has 2 fully saturated rings. The van der Waals surface area contributed by atoms with Crippen LogP contribution in [-0.4, -0.2) is 63.1 Å². The Kier molecular flexibility index (Phi) is 6.03. The normalized spacial score (nSPS) is 23.2. The second-order valence-corrected chi connectivity index (χ2v) is 9.36. The number of carbonyl (C=O) groups is 3. The van der Waals surface area contributed by atoms with Crippen molar-refractivity contribution < 1.29 is 19.6 Å². The van der Waals surface area contributed by atoms with Crippen LogP contribution in [0.3, 0.4) is 0 Å². The minimum Gasteiger partial charge on any atom is -0.733 e. The first-order valence-corrected chi connectivity index (χ1v) is 11.6. The molecular formula is C24H26N5O6-. The number of hydrogen-bond donors (Lipinski definition) is 2. The molecular weight excluding hydrogens is 454 g/mol. The van der Waals surface area contributed by atoms with Crippen LogP contribution in [-0.2, 0) is 22.6 Å². The number of aromatic nitrogens is 1. The Balaban J connectivity index is 1.23. The number of urea groups is 1. The lowest BCUT2D eigenvalue weighted by molar-refractivity contribution is -0.137. The van der Waals surface area contributed by atoms with Gasteiger partial charge in [0.2, 0.25) is 5.91 Å². The summed E-state index contributed by atoms with van der Waals surface area (Å²) >= 11 is 0. The lowest BCUT2D eigenvalue weighted by atomic mass is 9.83. The summed E-state index contributed by atoms with van der Waals surface area (Å²) in [4.78, 5) is 53.7. The smallest absolute Gasteiger partial charge is 0.324 e. The van der Waals surface area contributed by atoms with Gasteiger partial charge in [-0.25, -0.2) is 4.79 Å². The highest BCUT2D eigenvalue weighted by Crippen LogP contribution is 2.36. The molecule has 2 N–H and O–H groups in total. The number of nitrogens with zero attached hydrogens (tertiary/aromatic N) is 4. The second-order valence-electron chi connectivity index (χ2n) is 9.36. The van der Waals surface area contributed by atoms with E-state index in [4.69, 9.17) is 5.21 Å². The van der Waals surface area contributed by atoms with Crippen molar-refractivity contribution in [2.75, 3.05) is 24.9 Å². The summed E-state index contributed by atoms with van der Waals surface area (Å²) in [7, 11) is 0. The van der Waals surface area contributed by atoms with E-state index in [0.717, 1.165) is 16.9 Å². The SMILES string of the molecule is O=C(CC1NC(=O)N(CCc2ccccc2)C1=O)N1CC2CC(C1)c1ccc(N([O-])O)c(=O)n1C2. The summed E-state index contributed by atoms with van der Waals surface area (Å²) < 4.78 is 1.50. The molecule has 0 saturated carbocycles. The van der Waals surface area contributed by atoms with Crippen molar-refractivity contribution >= 4 is 23.5 Å². The van der Waals surface area contributed by atoms with Crippen molar-refractivity contribution in [3.05, 3.63) is 69.3 Å². The van der Waals surface area contributed by atoms with Crippen molar-refractivity contribution in [3.63, 3.8) is 0 Å². The number of fused-ring (bicyclic) bond motifs is 4. The third-order valence-electron chi connectivity index (χ3n) is 7.10. The summed E-state index contributed by atoms with van der Waals surface area (Å²) in [6, 6.07) is 11.1. The number of pyridine rings is 1. The quantitative estimate of drug-likeness (QED) is 0.465. The van der Waals surface area contributed by atoms with Gasteiger partial charge in [0, 0.05) is 37.8 Å². The van der Waals surface area contributed by atoms with Gasteiger partial charge in [-0.05, 0) is 36.5 Å². The van der Waals surface area contributed by atoms with Gasteiger partial charge < -0.3 is 25.2 Å². The lowest BCUT2D eigenvalue weighted by Crippen LogP contribution is -2.50. The molecule has 0 aliphatic carbocycles. The van der Waals surface area contributed by atoms with Gasteiger partial charge in [0.05, 0.1) is 6.42 Å². The number of amides is 4. The second kappa shape index (κ2) is 9.16. The molecule has 35 heavy (non-hydrogen) atoms. The zero-order valence-electron chi connectivity index (χ0n) is 19.0. The number of piperidine rings is 1. The number of imide groups is 1. The zero-order chi connectivity index (χ0) is 24.7. The maximum Gasteiger partial charge on any atom is 0.324 e. The highest BCUT2D eigenvalue weighted by molar-refractivity contribution is 6.05. The molecule has 2 bridgehead atoms. The Bertz CT molecular complexity index is 1210. The molecule has 3 unspecified atom stereocenters. The van der Waals surface area contributed by atoms with Gasteiger partial charge in [-0.2, -0.15) is 0 Å². The van der Waals surface area contributed by atoms with Crippen LogP contribution in [0.1, 0.15) is 30.0 Å². The van der Waals surface area contributed by atoms with Gasteiger partial charge in [0.1, 0.15) is 11.7 Å². The Morgan fingerprint density at radius 3 is 2.60 bits per heavy atom. The zero-order valence-corrected chi connectivity index (χ0v) is 19.0. The average molecular weight is 481 g/mol. The molecule has 11 nitrogen and oxygen atoms in total. The summed E-state index contributed by atoms with van der Waals surface area (Å²) in [5.74, 6) is -0.708. The van der Waals surface area contributed by atoms with E-state index in [0.29, 0.717) is 31.7 Å². The van der Waals surface area contributed by atoms with E-state index in [2.05, 4.69) is 5.32 Å². The fourth-order valence-corrected chi connectivity index (χ4v) is 5.40. The molecule has 3 atom stereocenters. The fourth-order valence-electron chi connectivity index (χ4n) is 5.40. The molecule has 1 aromatic carbocycles. The number of carbonyl (C=O) groups excluding carboxylic acids is 3. The maximum absolute atomic E-state index is 13.1. The molecule has 3 aliphatic heterocycles. The predicted molar refractivity (Wildman–Crippen MR) is 125 cm³/mol. The van der Waals surface area contributed by atoms with Crippen molar-refractivity contribution in [2.24, 2.45) is 5.92 Å². The van der Waals surface area contributed by atoms with E-state index in [1.54, 1.807) is 11.0 Å². The Labute approximate surface area is 201 Å². The molecule has 2 aromatic rings. The summed E-state index contributed by atoms with van der Waals surface area (Å²) in [5.41, 5.74) is 0.839. The van der Waals surface area contributed by atoms with Gasteiger partial charge >= 0.3 is 6.03 Å². The van der Waals surface area contributed by atoms with Crippen molar-refractivity contribution in [3.8, 4) is 0 Å². The van der Waals surface area contributed by atoms with Crippen LogP contribution < -0.4 is 16.1 Å². The highest BCUT2D eigenvalue weighted by atomic mass is 16.8. The molecule has 3 aliphatic rings. The van der Waals surface area contributed by atoms with E-state index in [1.807, 2.05) is 30.3 Å². The van der Waals surface area contributed by atoms with Crippen molar-refractivity contribution in [1.82, 2.24) is 19.7 Å². The monoisotopic (exact) mass is 480 g/mol. The molecule has 5 rings (SSSR count). The standard InChI is InChI=1S/C24H26N5O6/c30-21(11-18-22(31)27(24(33)25-18)9-8-15-4-2-1-3-5-15)26-12-16-10-17(14-26)19-6-7-20(29(34)35)23(32)28(19)13-16/h1-7,16-18,34H,8-14H2,(H,25,33)/q-1. The third kappa shape index (κ3) is 4.40. The van der Waals surface area contributed by atoms with Crippen LogP contribution in [0.15, 0.2) is 47.3 Å². The topological polar surface area (TPSA) is 138 Å². The molecule has 4 amide bonds. The Morgan fingerprint density at radius 1 is 1.09 bits per heavy atom. The van der Waals surface area contributed by atoms with Gasteiger partial charge in [-0.1, -0.05) is 30.3 Å². The number of nitrogens with one attached hydrogen (secondary N) is 1. The van der Waals surface area contributed by atoms with Gasteiger partial charge in [-0.15, -0.1) is 0 Å². The molecule has 4 heterocycles. The van der Waals surface area contributed by atoms with Crippen LogP contribution >= 0.6 is 0 Å². The molecule has 0 spiro atoms. The third-order valence-corrected chi connectivity index (χ3v) is 7.10. The van der Waals surface area contributed by atoms with E-state index in [1.165, 1.54) is 10.6 Å². The number of hydrogen-bond acceptors (Lipinski definition) is 7.